The van der Waals surface area contributed by atoms with Gasteiger partial charge in [-0.15, -0.1) is 0 Å². The number of benzene rings is 2. The zero-order valence-electron chi connectivity index (χ0n) is 25.0. The van der Waals surface area contributed by atoms with E-state index in [1.54, 1.807) is 7.05 Å². The summed E-state index contributed by atoms with van der Waals surface area (Å²) in [5.41, 5.74) is 1.37. The lowest BCUT2D eigenvalue weighted by Crippen LogP contribution is -2.35. The Morgan fingerprint density at radius 2 is 1.91 bits per heavy atom. The van der Waals surface area contributed by atoms with E-state index < -0.39 is 17.4 Å². The van der Waals surface area contributed by atoms with Crippen LogP contribution in [0.15, 0.2) is 41.2 Å². The van der Waals surface area contributed by atoms with Crippen LogP contribution in [0.5, 0.6) is 5.75 Å². The Morgan fingerprint density at radius 1 is 1.14 bits per heavy atom. The van der Waals surface area contributed by atoms with Gasteiger partial charge >= 0.3 is 6.18 Å². The minimum absolute atomic E-state index is 0.130. The van der Waals surface area contributed by atoms with Crippen LogP contribution in [0.25, 0.3) is 27.3 Å². The molecule has 1 aliphatic rings. The van der Waals surface area contributed by atoms with Gasteiger partial charge in [-0.3, -0.25) is 14.3 Å². The van der Waals surface area contributed by atoms with Crippen LogP contribution in [0.1, 0.15) is 56.9 Å². The van der Waals surface area contributed by atoms with Crippen LogP contribution >= 0.6 is 0 Å². The molecule has 0 bridgehead atoms. The number of aromatic amines is 1. The molecule has 230 valence electrons. The molecule has 2 unspecified atom stereocenters. The second kappa shape index (κ2) is 12.1. The lowest BCUT2D eigenvalue weighted by Gasteiger charge is -2.28. The average molecular weight is 607 g/mol. The summed E-state index contributed by atoms with van der Waals surface area (Å²) in [6, 6.07) is 8.66. The number of hydrogen-bond acceptors (Lipinski definition) is 5. The molecule has 9 nitrogen and oxygen atoms in total. The normalized spacial score (nSPS) is 17.0. The third-order valence-corrected chi connectivity index (χ3v) is 8.03. The van der Waals surface area contributed by atoms with E-state index in [0.29, 0.717) is 54.0 Å². The van der Waals surface area contributed by atoms with Crippen molar-refractivity contribution in [3.05, 3.63) is 75.0 Å². The number of nitrogens with zero attached hydrogens (tertiary/aromatic N) is 5. The summed E-state index contributed by atoms with van der Waals surface area (Å²) in [4.78, 5) is 38.5. The number of rotatable bonds is 9. The lowest BCUT2D eigenvalue weighted by molar-refractivity contribution is -0.136. The molecule has 5 rings (SSSR count). The number of aryl methyl sites for hydroxylation is 2. The van der Waals surface area contributed by atoms with E-state index in [2.05, 4.69) is 14.9 Å². The summed E-state index contributed by atoms with van der Waals surface area (Å²) in [6.45, 7) is 13.3. The van der Waals surface area contributed by atoms with E-state index in [-0.39, 0.29) is 35.5 Å². The molecule has 2 aromatic heterocycles. The maximum atomic E-state index is 13.7. The highest BCUT2D eigenvalue weighted by Crippen LogP contribution is 2.42. The molecule has 2 aromatic carbocycles. The Kier molecular flexibility index (Phi) is 8.50. The van der Waals surface area contributed by atoms with Crippen molar-refractivity contribution in [3.8, 4) is 17.1 Å². The molecule has 4 aromatic rings. The van der Waals surface area contributed by atoms with Gasteiger partial charge in [-0.2, -0.15) is 18.3 Å². The Labute approximate surface area is 252 Å². The zero-order chi connectivity index (χ0) is 31.8. The number of halogens is 3. The summed E-state index contributed by atoms with van der Waals surface area (Å²) in [5.74, 6) is 0.426. The van der Waals surface area contributed by atoms with Gasteiger partial charge in [-0.1, -0.05) is 32.4 Å². The first-order valence-electron chi connectivity index (χ1n) is 14.6. The van der Waals surface area contributed by atoms with Crippen LogP contribution in [0, 0.1) is 12.5 Å². The van der Waals surface area contributed by atoms with Gasteiger partial charge in [0.2, 0.25) is 5.91 Å². The third kappa shape index (κ3) is 5.66. The van der Waals surface area contributed by atoms with E-state index in [4.69, 9.17) is 16.3 Å². The predicted octanol–water partition coefficient (Wildman–Crippen LogP) is 6.62. The van der Waals surface area contributed by atoms with Crippen molar-refractivity contribution < 1.29 is 22.7 Å². The lowest BCUT2D eigenvalue weighted by atomic mass is 9.90. The number of alkyl halides is 3. The maximum Gasteiger partial charge on any atom is 0.407 e. The summed E-state index contributed by atoms with van der Waals surface area (Å²) in [6.07, 6.45) is -2.06. The molecule has 3 heterocycles. The number of amides is 1. The van der Waals surface area contributed by atoms with Crippen LogP contribution in [-0.4, -0.2) is 38.3 Å². The minimum atomic E-state index is -4.72. The number of fused-ring (bicyclic) bond motifs is 1. The van der Waals surface area contributed by atoms with Crippen molar-refractivity contribution in [2.24, 2.45) is 13.0 Å². The molecule has 1 saturated heterocycles. The number of H-pyrrole nitrogens is 1. The molecule has 1 amide bonds. The molecule has 2 atom stereocenters. The predicted molar refractivity (Wildman–Crippen MR) is 161 cm³/mol. The summed E-state index contributed by atoms with van der Waals surface area (Å²) in [5, 5.41) is 4.49. The molecule has 0 aliphatic carbocycles. The van der Waals surface area contributed by atoms with E-state index >= 15 is 0 Å². The SMILES string of the molecule is [C-]#[N+]c1ccc(N2C(=O)CC(Cc3ccc(OCC)c(-c4nc5c(CCC)nn(C)c5c(=O)[nH]4)c3)C2CC)cc1C(F)(F)F. The largest absolute Gasteiger partial charge is 0.493 e. The van der Waals surface area contributed by atoms with Gasteiger partial charge in [0, 0.05) is 25.2 Å². The van der Waals surface area contributed by atoms with Crippen molar-refractivity contribution in [2.45, 2.75) is 65.1 Å². The standard InChI is InChI=1S/C32H33F3N6O3/c1-6-9-24-28-29(40(5)39-24)31(43)38-30(37-28)21-15-18(10-13-26(21)44-8-3)14-19-16-27(42)41(25(19)7-2)20-11-12-23(36-4)22(17-20)32(33,34)35/h10-13,15,17,19,25H,6-9,14,16H2,1-3,5H3,(H,37,38,43). The molecule has 0 saturated carbocycles. The third-order valence-electron chi connectivity index (χ3n) is 8.03. The molecule has 0 spiro atoms. The second-order valence-electron chi connectivity index (χ2n) is 10.9. The van der Waals surface area contributed by atoms with Crippen molar-refractivity contribution in [1.29, 1.82) is 0 Å². The fraction of sp³-hybridized carbons (Fsp3) is 0.406. The first-order chi connectivity index (χ1) is 21.0. The van der Waals surface area contributed by atoms with Gasteiger partial charge < -0.3 is 14.6 Å². The first-order valence-corrected chi connectivity index (χ1v) is 14.6. The number of carbonyl (C=O) groups is 1. The van der Waals surface area contributed by atoms with Crippen molar-refractivity contribution in [2.75, 3.05) is 11.5 Å². The summed E-state index contributed by atoms with van der Waals surface area (Å²) >= 11 is 0. The molecule has 0 radical (unpaired) electrons. The highest BCUT2D eigenvalue weighted by Gasteiger charge is 2.41. The highest BCUT2D eigenvalue weighted by molar-refractivity contribution is 5.97. The topological polar surface area (TPSA) is 97.5 Å². The molecule has 1 aliphatic heterocycles. The molecule has 44 heavy (non-hydrogen) atoms. The summed E-state index contributed by atoms with van der Waals surface area (Å²) in [7, 11) is 1.71. The molecular formula is C32H33F3N6O3. The summed E-state index contributed by atoms with van der Waals surface area (Å²) < 4.78 is 48.5. The fourth-order valence-corrected chi connectivity index (χ4v) is 6.17. The van der Waals surface area contributed by atoms with Crippen molar-refractivity contribution >= 4 is 28.3 Å². The number of aromatic nitrogens is 4. The zero-order valence-corrected chi connectivity index (χ0v) is 25.0. The second-order valence-corrected chi connectivity index (χ2v) is 10.9. The van der Waals surface area contributed by atoms with E-state index in [1.807, 2.05) is 39.0 Å². The van der Waals surface area contributed by atoms with Crippen LogP contribution in [0.2, 0.25) is 0 Å². The van der Waals surface area contributed by atoms with E-state index in [0.717, 1.165) is 29.8 Å². The number of hydrogen-bond donors (Lipinski definition) is 1. The Bertz CT molecular complexity index is 1820. The Balaban J connectivity index is 1.51. The first kappa shape index (κ1) is 30.8. The van der Waals surface area contributed by atoms with Gasteiger partial charge in [0.05, 0.1) is 30.0 Å². The number of anilines is 1. The van der Waals surface area contributed by atoms with Gasteiger partial charge in [-0.05, 0) is 61.9 Å². The van der Waals surface area contributed by atoms with Crippen molar-refractivity contribution in [1.82, 2.24) is 19.7 Å². The van der Waals surface area contributed by atoms with Crippen LogP contribution < -0.4 is 15.2 Å². The molecule has 1 fully saturated rings. The molecular weight excluding hydrogens is 573 g/mol. The van der Waals surface area contributed by atoms with Crippen molar-refractivity contribution in [3.63, 3.8) is 0 Å². The van der Waals surface area contributed by atoms with Gasteiger partial charge in [0.1, 0.15) is 17.1 Å². The minimum Gasteiger partial charge on any atom is -0.493 e. The van der Waals surface area contributed by atoms with E-state index in [1.165, 1.54) is 15.6 Å². The number of nitrogens with one attached hydrogen (secondary N) is 1. The monoisotopic (exact) mass is 606 g/mol. The molecule has 12 heteroatoms. The van der Waals surface area contributed by atoms with Crippen LogP contribution in [0.4, 0.5) is 24.5 Å². The molecule has 1 N–H and O–H groups in total. The van der Waals surface area contributed by atoms with Gasteiger partial charge in [0.15, 0.2) is 11.2 Å². The average Bonchev–Trinajstić information content (AvgIpc) is 3.48. The van der Waals surface area contributed by atoms with E-state index in [9.17, 15) is 22.8 Å². The number of ether oxygens (including phenoxy) is 1. The highest BCUT2D eigenvalue weighted by atomic mass is 19.4. The fourth-order valence-electron chi connectivity index (χ4n) is 6.17. The van der Waals surface area contributed by atoms with Gasteiger partial charge in [0.25, 0.3) is 5.56 Å². The smallest absolute Gasteiger partial charge is 0.407 e. The maximum absolute atomic E-state index is 13.7. The Hall–Kier alpha value is -4.66. The van der Waals surface area contributed by atoms with Gasteiger partial charge in [-0.25, -0.2) is 9.83 Å². The number of carbonyl (C=O) groups excluding carboxylic acids is 1. The van der Waals surface area contributed by atoms with Crippen LogP contribution in [-0.2, 0) is 30.9 Å². The quantitative estimate of drug-likeness (QED) is 0.216. The Morgan fingerprint density at radius 3 is 2.57 bits per heavy atom. The van der Waals surface area contributed by atoms with Crippen LogP contribution in [0.3, 0.4) is 0 Å².